The first kappa shape index (κ1) is 14.6. The zero-order valence-electron chi connectivity index (χ0n) is 9.62. The number of alkyl halides is 3. The van der Waals surface area contributed by atoms with Crippen LogP contribution in [0.2, 0.25) is 0 Å². The molecule has 102 valence electrons. The number of nitrogens with zero attached hydrogens (tertiary/aromatic N) is 1. The molecule has 0 aliphatic rings. The second-order valence-corrected chi connectivity index (χ2v) is 3.55. The maximum atomic E-state index is 11.8. The number of hydrogen-bond donors (Lipinski definition) is 2. The minimum absolute atomic E-state index is 0.0823. The van der Waals surface area contributed by atoms with Crippen LogP contribution in [0.25, 0.3) is 0 Å². The molecule has 0 aliphatic heterocycles. The summed E-state index contributed by atoms with van der Waals surface area (Å²) >= 11 is 0. The molecule has 0 bridgehead atoms. The molecule has 0 unspecified atom stereocenters. The van der Waals surface area contributed by atoms with Gasteiger partial charge in [0.15, 0.2) is 6.61 Å². The fourth-order valence-corrected chi connectivity index (χ4v) is 1.15. The molecule has 0 saturated carbocycles. The van der Waals surface area contributed by atoms with Gasteiger partial charge in [0.1, 0.15) is 18.4 Å². The first-order chi connectivity index (χ1) is 8.81. The average molecular weight is 273 g/mol. The van der Waals surface area contributed by atoms with E-state index in [0.29, 0.717) is 5.69 Å². The van der Waals surface area contributed by atoms with E-state index in [2.05, 4.69) is 0 Å². The quantitative estimate of drug-likeness (QED) is 0.807. The molecule has 0 saturated heterocycles. The van der Waals surface area contributed by atoms with Crippen LogP contribution in [0, 0.1) is 11.3 Å². The minimum atomic E-state index is -4.48. The molecule has 0 aliphatic carbocycles. The number of benzene rings is 1. The van der Waals surface area contributed by atoms with Gasteiger partial charge < -0.3 is 15.8 Å². The van der Waals surface area contributed by atoms with Crippen molar-refractivity contribution < 1.29 is 22.7 Å². The van der Waals surface area contributed by atoms with Crippen molar-refractivity contribution in [3.05, 3.63) is 23.8 Å². The van der Waals surface area contributed by atoms with E-state index in [1.54, 1.807) is 11.4 Å². The van der Waals surface area contributed by atoms with Gasteiger partial charge in [0.2, 0.25) is 0 Å². The van der Waals surface area contributed by atoms with Gasteiger partial charge in [0, 0.05) is 5.69 Å². The zero-order chi connectivity index (χ0) is 14.5. The highest BCUT2D eigenvalue weighted by Crippen LogP contribution is 2.20. The number of ether oxygens (including phenoxy) is 1. The highest BCUT2D eigenvalue weighted by Gasteiger charge is 2.27. The predicted molar refractivity (Wildman–Crippen MR) is 60.1 cm³/mol. The summed E-state index contributed by atoms with van der Waals surface area (Å²) in [6.45, 7) is -2.04. The Bertz CT molecular complexity index is 509. The van der Waals surface area contributed by atoms with Gasteiger partial charge in [-0.2, -0.15) is 18.4 Å². The predicted octanol–water partition coefficient (Wildman–Crippen LogP) is 1.20. The number of nitrogen functional groups attached to an aromatic ring is 1. The van der Waals surface area contributed by atoms with Crippen molar-refractivity contribution >= 4 is 11.6 Å². The van der Waals surface area contributed by atoms with Crippen LogP contribution in [0.15, 0.2) is 18.2 Å². The smallest absolute Gasteiger partial charge is 0.405 e. The number of carbonyl (C=O) groups excluding carboxylic acids is 1. The molecule has 8 heteroatoms. The number of nitriles is 1. The highest BCUT2D eigenvalue weighted by molar-refractivity contribution is 5.77. The SMILES string of the molecule is N#Cc1cc(N)ccc1OCC(=O)NCC(F)(F)F. The molecule has 1 rings (SSSR count). The van der Waals surface area contributed by atoms with E-state index in [-0.39, 0.29) is 11.3 Å². The zero-order valence-corrected chi connectivity index (χ0v) is 9.62. The van der Waals surface area contributed by atoms with Gasteiger partial charge >= 0.3 is 6.18 Å². The average Bonchev–Trinajstić information content (AvgIpc) is 2.33. The molecule has 0 atom stereocenters. The van der Waals surface area contributed by atoms with Gasteiger partial charge in [-0.05, 0) is 18.2 Å². The maximum Gasteiger partial charge on any atom is 0.405 e. The Morgan fingerprint density at radius 2 is 2.16 bits per heavy atom. The van der Waals surface area contributed by atoms with E-state index in [9.17, 15) is 18.0 Å². The fourth-order valence-electron chi connectivity index (χ4n) is 1.15. The molecule has 3 N–H and O–H groups in total. The first-order valence-electron chi connectivity index (χ1n) is 5.07. The van der Waals surface area contributed by atoms with Crippen molar-refractivity contribution in [2.45, 2.75) is 6.18 Å². The Hall–Kier alpha value is -2.43. The lowest BCUT2D eigenvalue weighted by Crippen LogP contribution is -2.36. The van der Waals surface area contributed by atoms with Gasteiger partial charge in [-0.3, -0.25) is 4.79 Å². The highest BCUT2D eigenvalue weighted by atomic mass is 19.4. The van der Waals surface area contributed by atoms with Crippen LogP contribution >= 0.6 is 0 Å². The summed E-state index contributed by atoms with van der Waals surface area (Å²) in [4.78, 5) is 11.1. The monoisotopic (exact) mass is 273 g/mol. The van der Waals surface area contributed by atoms with E-state index < -0.39 is 25.2 Å². The number of hydrogen-bond acceptors (Lipinski definition) is 4. The molecule has 0 spiro atoms. The molecule has 19 heavy (non-hydrogen) atoms. The Morgan fingerprint density at radius 1 is 1.47 bits per heavy atom. The second-order valence-electron chi connectivity index (χ2n) is 3.55. The summed E-state index contributed by atoms with van der Waals surface area (Å²) in [6.07, 6.45) is -4.48. The molecular formula is C11H10F3N3O2. The van der Waals surface area contributed by atoms with E-state index in [4.69, 9.17) is 15.7 Å². The van der Waals surface area contributed by atoms with Crippen molar-refractivity contribution in [3.8, 4) is 11.8 Å². The van der Waals surface area contributed by atoms with Gasteiger partial charge in [-0.15, -0.1) is 0 Å². The van der Waals surface area contributed by atoms with Crippen LogP contribution in [0.5, 0.6) is 5.75 Å². The number of rotatable bonds is 4. The van der Waals surface area contributed by atoms with E-state index >= 15 is 0 Å². The summed E-state index contributed by atoms with van der Waals surface area (Å²) in [6, 6.07) is 5.95. The summed E-state index contributed by atoms with van der Waals surface area (Å²) < 4.78 is 40.4. The molecule has 0 fully saturated rings. The number of nitrogens with one attached hydrogen (secondary N) is 1. The van der Waals surface area contributed by atoms with Crippen LogP contribution in [0.4, 0.5) is 18.9 Å². The standard InChI is InChI=1S/C11H10F3N3O2/c12-11(13,14)6-17-10(18)5-19-9-2-1-8(16)3-7(9)4-15/h1-3H,5-6,16H2,(H,17,18). The molecule has 5 nitrogen and oxygen atoms in total. The number of amides is 1. The first-order valence-corrected chi connectivity index (χ1v) is 5.07. The summed E-state index contributed by atoms with van der Waals surface area (Å²) in [5, 5.41) is 10.4. The third-order valence-corrected chi connectivity index (χ3v) is 1.97. The largest absolute Gasteiger partial charge is 0.482 e. The van der Waals surface area contributed by atoms with Crippen LogP contribution in [-0.4, -0.2) is 25.2 Å². The van der Waals surface area contributed by atoms with Crippen molar-refractivity contribution in [1.82, 2.24) is 5.32 Å². The number of carbonyl (C=O) groups is 1. The van der Waals surface area contributed by atoms with Crippen molar-refractivity contribution in [2.24, 2.45) is 0 Å². The van der Waals surface area contributed by atoms with Crippen LogP contribution in [0.3, 0.4) is 0 Å². The van der Waals surface area contributed by atoms with Crippen molar-refractivity contribution in [2.75, 3.05) is 18.9 Å². The van der Waals surface area contributed by atoms with Crippen LogP contribution in [-0.2, 0) is 4.79 Å². The summed E-state index contributed by atoms with van der Waals surface area (Å²) in [5.41, 5.74) is 5.88. The molecule has 1 aromatic rings. The molecular weight excluding hydrogens is 263 g/mol. The topological polar surface area (TPSA) is 88.1 Å². The number of anilines is 1. The lowest BCUT2D eigenvalue weighted by Gasteiger charge is -2.10. The fraction of sp³-hybridized carbons (Fsp3) is 0.273. The lowest BCUT2D eigenvalue weighted by molar-refractivity contribution is -0.139. The van der Waals surface area contributed by atoms with Crippen LogP contribution < -0.4 is 15.8 Å². The van der Waals surface area contributed by atoms with E-state index in [1.807, 2.05) is 0 Å². The number of halogens is 3. The van der Waals surface area contributed by atoms with Crippen molar-refractivity contribution in [1.29, 1.82) is 5.26 Å². The summed E-state index contributed by atoms with van der Waals surface area (Å²) in [7, 11) is 0. The second kappa shape index (κ2) is 5.95. The minimum Gasteiger partial charge on any atom is -0.482 e. The Labute approximate surface area is 106 Å². The Balaban J connectivity index is 2.54. The molecule has 1 aromatic carbocycles. The van der Waals surface area contributed by atoms with Gasteiger partial charge in [0.25, 0.3) is 5.91 Å². The van der Waals surface area contributed by atoms with Crippen LogP contribution in [0.1, 0.15) is 5.56 Å². The third-order valence-electron chi connectivity index (χ3n) is 1.97. The van der Waals surface area contributed by atoms with E-state index in [1.165, 1.54) is 18.2 Å². The van der Waals surface area contributed by atoms with Gasteiger partial charge in [-0.1, -0.05) is 0 Å². The van der Waals surface area contributed by atoms with Crippen molar-refractivity contribution in [3.63, 3.8) is 0 Å². The van der Waals surface area contributed by atoms with E-state index in [0.717, 1.165) is 0 Å². The number of nitrogens with two attached hydrogens (primary N) is 1. The molecule has 0 aromatic heterocycles. The van der Waals surface area contributed by atoms with Gasteiger partial charge in [-0.25, -0.2) is 0 Å². The lowest BCUT2D eigenvalue weighted by atomic mass is 10.2. The maximum absolute atomic E-state index is 11.8. The Kier molecular flexibility index (Phi) is 4.58. The Morgan fingerprint density at radius 3 is 2.74 bits per heavy atom. The van der Waals surface area contributed by atoms with Gasteiger partial charge in [0.05, 0.1) is 5.56 Å². The normalized spacial score (nSPS) is 10.6. The molecule has 1 amide bonds. The molecule has 0 radical (unpaired) electrons. The molecule has 0 heterocycles. The third kappa shape index (κ3) is 5.16. The summed E-state index contributed by atoms with van der Waals surface area (Å²) in [5.74, 6) is -0.850.